The molecule has 0 saturated heterocycles. The number of sulfone groups is 1. The van der Waals surface area contributed by atoms with Gasteiger partial charge in [0.2, 0.25) is 0 Å². The molecule has 0 saturated carbocycles. The van der Waals surface area contributed by atoms with Crippen LogP contribution < -0.4 is 5.73 Å². The number of anilines is 1. The number of hydrogen-bond donors (Lipinski definition) is 3. The predicted molar refractivity (Wildman–Crippen MR) is 66.1 cm³/mol. The molecule has 5 nitrogen and oxygen atoms in total. The Kier molecular flexibility index (Phi) is 4.50. The van der Waals surface area contributed by atoms with Crippen molar-refractivity contribution in [3.8, 4) is 0 Å². The second kappa shape index (κ2) is 5.48. The molecule has 17 heavy (non-hydrogen) atoms. The number of nitrogens with two attached hydrogens (primary N) is 1. The summed E-state index contributed by atoms with van der Waals surface area (Å²) in [5, 5.41) is 17.9. The fraction of sp³-hybridized carbons (Fsp3) is 0.455. The maximum absolute atomic E-state index is 11.7. The second-order valence-corrected chi connectivity index (χ2v) is 6.29. The molecule has 1 aromatic carbocycles. The highest BCUT2D eigenvalue weighted by atomic mass is 32.2. The van der Waals surface area contributed by atoms with Gasteiger partial charge in [0.05, 0.1) is 12.7 Å². The van der Waals surface area contributed by atoms with Crippen LogP contribution in [0, 0.1) is 0 Å². The first-order chi connectivity index (χ1) is 7.92. The molecule has 1 aromatic rings. The lowest BCUT2D eigenvalue weighted by molar-refractivity contribution is 0.138. The molecule has 0 fully saturated rings. The summed E-state index contributed by atoms with van der Waals surface area (Å²) < 4.78 is 23.3. The summed E-state index contributed by atoms with van der Waals surface area (Å²) in [5.41, 5.74) is 6.45. The van der Waals surface area contributed by atoms with E-state index in [1.54, 1.807) is 24.3 Å². The Hall–Kier alpha value is -1.11. The first kappa shape index (κ1) is 14.0. The molecule has 0 aromatic heterocycles. The van der Waals surface area contributed by atoms with Crippen molar-refractivity contribution >= 4 is 15.5 Å². The Morgan fingerprint density at radius 2 is 1.82 bits per heavy atom. The van der Waals surface area contributed by atoms with Crippen LogP contribution in [0.4, 0.5) is 5.69 Å². The fourth-order valence-electron chi connectivity index (χ4n) is 1.53. The highest BCUT2D eigenvalue weighted by molar-refractivity contribution is 7.92. The Labute approximate surface area is 101 Å². The van der Waals surface area contributed by atoms with E-state index in [0.717, 1.165) is 0 Å². The van der Waals surface area contributed by atoms with Gasteiger partial charge in [0.1, 0.15) is 5.25 Å². The zero-order chi connectivity index (χ0) is 13.1. The SMILES string of the molecule is CCS(=O)(=O)[C@H](CO)[C@@H](O)c1ccc(N)cc1. The first-order valence-corrected chi connectivity index (χ1v) is 6.99. The summed E-state index contributed by atoms with van der Waals surface area (Å²) >= 11 is 0. The lowest BCUT2D eigenvalue weighted by atomic mass is 10.1. The van der Waals surface area contributed by atoms with Crippen molar-refractivity contribution in [1.82, 2.24) is 0 Å². The lowest BCUT2D eigenvalue weighted by Crippen LogP contribution is -2.33. The molecule has 0 bridgehead atoms. The monoisotopic (exact) mass is 259 g/mol. The van der Waals surface area contributed by atoms with E-state index in [1.165, 1.54) is 6.92 Å². The van der Waals surface area contributed by atoms with Crippen LogP contribution in [0.3, 0.4) is 0 Å². The quantitative estimate of drug-likeness (QED) is 0.651. The molecular formula is C11H17NO4S. The minimum atomic E-state index is -3.50. The van der Waals surface area contributed by atoms with Gasteiger partial charge in [-0.05, 0) is 17.7 Å². The van der Waals surface area contributed by atoms with Gasteiger partial charge in [-0.1, -0.05) is 19.1 Å². The summed E-state index contributed by atoms with van der Waals surface area (Å²) in [6, 6.07) is 6.25. The van der Waals surface area contributed by atoms with Gasteiger partial charge in [-0.2, -0.15) is 0 Å². The van der Waals surface area contributed by atoms with Crippen LogP contribution >= 0.6 is 0 Å². The normalized spacial score (nSPS) is 15.5. The molecule has 4 N–H and O–H groups in total. The molecule has 0 unspecified atom stereocenters. The van der Waals surface area contributed by atoms with Gasteiger partial charge >= 0.3 is 0 Å². The van der Waals surface area contributed by atoms with Crippen LogP contribution in [0.2, 0.25) is 0 Å². The van der Waals surface area contributed by atoms with Crippen LogP contribution in [0.15, 0.2) is 24.3 Å². The van der Waals surface area contributed by atoms with Crippen molar-refractivity contribution in [2.24, 2.45) is 0 Å². The van der Waals surface area contributed by atoms with Crippen molar-refractivity contribution in [2.75, 3.05) is 18.1 Å². The molecule has 96 valence electrons. The third kappa shape index (κ3) is 3.18. The van der Waals surface area contributed by atoms with Gasteiger partial charge in [0, 0.05) is 11.4 Å². The summed E-state index contributed by atoms with van der Waals surface area (Å²) in [6.07, 6.45) is -1.24. The maximum atomic E-state index is 11.7. The second-order valence-electron chi connectivity index (χ2n) is 3.78. The molecular weight excluding hydrogens is 242 g/mol. The molecule has 1 rings (SSSR count). The molecule has 0 spiro atoms. The Morgan fingerprint density at radius 1 is 1.29 bits per heavy atom. The third-order valence-electron chi connectivity index (χ3n) is 2.67. The van der Waals surface area contributed by atoms with Crippen LogP contribution in [-0.4, -0.2) is 36.2 Å². The van der Waals surface area contributed by atoms with E-state index in [9.17, 15) is 13.5 Å². The summed E-state index contributed by atoms with van der Waals surface area (Å²) in [4.78, 5) is 0. The number of benzene rings is 1. The number of hydrogen-bond acceptors (Lipinski definition) is 5. The third-order valence-corrected chi connectivity index (χ3v) is 4.81. The highest BCUT2D eigenvalue weighted by Crippen LogP contribution is 2.23. The fourth-order valence-corrected chi connectivity index (χ4v) is 2.74. The molecule has 6 heteroatoms. The van der Waals surface area contributed by atoms with E-state index in [0.29, 0.717) is 11.3 Å². The van der Waals surface area contributed by atoms with E-state index in [-0.39, 0.29) is 5.75 Å². The van der Waals surface area contributed by atoms with Crippen molar-refractivity contribution in [3.05, 3.63) is 29.8 Å². The van der Waals surface area contributed by atoms with Crippen molar-refractivity contribution in [3.63, 3.8) is 0 Å². The molecule has 0 aliphatic heterocycles. The average molecular weight is 259 g/mol. The van der Waals surface area contributed by atoms with Gasteiger partial charge in [-0.3, -0.25) is 0 Å². The van der Waals surface area contributed by atoms with Crippen LogP contribution in [-0.2, 0) is 9.84 Å². The standard InChI is InChI=1S/C11H17NO4S/c1-2-17(15,16)10(7-13)11(14)8-3-5-9(12)6-4-8/h3-6,10-11,13-14H,2,7,12H2,1H3/t10-,11+/m1/s1. The van der Waals surface area contributed by atoms with E-state index in [1.807, 2.05) is 0 Å². The van der Waals surface area contributed by atoms with Crippen LogP contribution in [0.25, 0.3) is 0 Å². The zero-order valence-corrected chi connectivity index (χ0v) is 10.4. The Balaban J connectivity index is 3.02. The van der Waals surface area contributed by atoms with Gasteiger partial charge in [-0.25, -0.2) is 8.42 Å². The largest absolute Gasteiger partial charge is 0.399 e. The minimum Gasteiger partial charge on any atom is -0.399 e. The Bertz CT molecular complexity index is 455. The van der Waals surface area contributed by atoms with Gasteiger partial charge in [0.15, 0.2) is 9.84 Å². The smallest absolute Gasteiger partial charge is 0.158 e. The van der Waals surface area contributed by atoms with Crippen molar-refractivity contribution < 1.29 is 18.6 Å². The number of aliphatic hydroxyl groups is 2. The van der Waals surface area contributed by atoms with E-state index >= 15 is 0 Å². The first-order valence-electron chi connectivity index (χ1n) is 5.28. The molecule has 0 heterocycles. The van der Waals surface area contributed by atoms with E-state index < -0.39 is 27.8 Å². The maximum Gasteiger partial charge on any atom is 0.158 e. The predicted octanol–water partition coefficient (Wildman–Crippen LogP) is 0.0978. The molecule has 0 amide bonds. The summed E-state index contributed by atoms with van der Waals surface area (Å²) in [7, 11) is -3.50. The highest BCUT2D eigenvalue weighted by Gasteiger charge is 2.31. The zero-order valence-electron chi connectivity index (χ0n) is 9.57. The Morgan fingerprint density at radius 3 is 2.24 bits per heavy atom. The van der Waals surface area contributed by atoms with Crippen LogP contribution in [0.5, 0.6) is 0 Å². The van der Waals surface area contributed by atoms with E-state index in [2.05, 4.69) is 0 Å². The van der Waals surface area contributed by atoms with Gasteiger partial charge in [0.25, 0.3) is 0 Å². The topological polar surface area (TPSA) is 101 Å². The number of aliphatic hydroxyl groups excluding tert-OH is 2. The number of rotatable bonds is 5. The molecule has 0 radical (unpaired) electrons. The molecule has 2 atom stereocenters. The van der Waals surface area contributed by atoms with Gasteiger partial charge < -0.3 is 15.9 Å². The lowest BCUT2D eigenvalue weighted by Gasteiger charge is -2.20. The van der Waals surface area contributed by atoms with E-state index in [4.69, 9.17) is 10.8 Å². The minimum absolute atomic E-state index is 0.121. The molecule has 0 aliphatic rings. The number of nitrogen functional groups attached to an aromatic ring is 1. The average Bonchev–Trinajstić information content (AvgIpc) is 2.30. The van der Waals surface area contributed by atoms with Crippen LogP contribution in [0.1, 0.15) is 18.6 Å². The summed E-state index contributed by atoms with van der Waals surface area (Å²) in [6.45, 7) is 0.870. The molecule has 0 aliphatic carbocycles. The van der Waals surface area contributed by atoms with Gasteiger partial charge in [-0.15, -0.1) is 0 Å². The van der Waals surface area contributed by atoms with Crippen molar-refractivity contribution in [2.45, 2.75) is 18.3 Å². The van der Waals surface area contributed by atoms with Crippen molar-refractivity contribution in [1.29, 1.82) is 0 Å². The summed E-state index contributed by atoms with van der Waals surface area (Å²) in [5.74, 6) is -0.121.